The molecule has 2 aromatic carbocycles. The molecule has 0 aliphatic carbocycles. The third-order valence-corrected chi connectivity index (χ3v) is 5.72. The average molecular weight is 398 g/mol. The molecular formula is C21H22N2O4S. The number of benzene rings is 2. The van der Waals surface area contributed by atoms with Gasteiger partial charge in [0.2, 0.25) is 0 Å². The topological polar surface area (TPSA) is 64.8 Å². The lowest BCUT2D eigenvalue weighted by Crippen LogP contribution is -2.37. The summed E-state index contributed by atoms with van der Waals surface area (Å²) in [4.78, 5) is 19.2. The van der Waals surface area contributed by atoms with Crippen molar-refractivity contribution in [2.45, 2.75) is 6.42 Å². The summed E-state index contributed by atoms with van der Waals surface area (Å²) in [5.41, 5.74) is 3.04. The van der Waals surface area contributed by atoms with Gasteiger partial charge in [0.1, 0.15) is 5.52 Å². The lowest BCUT2D eigenvalue weighted by molar-refractivity contribution is 0.0772. The van der Waals surface area contributed by atoms with Gasteiger partial charge in [0.15, 0.2) is 23.0 Å². The molecule has 0 atom stereocenters. The van der Waals surface area contributed by atoms with Gasteiger partial charge in [-0.25, -0.2) is 4.98 Å². The van der Waals surface area contributed by atoms with E-state index in [0.29, 0.717) is 35.0 Å². The normalized spacial score (nSPS) is 14.3. The predicted molar refractivity (Wildman–Crippen MR) is 110 cm³/mol. The Morgan fingerprint density at radius 3 is 2.64 bits per heavy atom. The number of oxazole rings is 1. The van der Waals surface area contributed by atoms with E-state index < -0.39 is 0 Å². The first kappa shape index (κ1) is 18.7. The van der Waals surface area contributed by atoms with Crippen molar-refractivity contribution in [3.63, 3.8) is 0 Å². The van der Waals surface area contributed by atoms with Crippen molar-refractivity contribution < 1.29 is 18.7 Å². The molecule has 7 heteroatoms. The number of carbonyl (C=O) groups excluding carboxylic acids is 1. The molecule has 4 rings (SSSR count). The van der Waals surface area contributed by atoms with E-state index in [2.05, 4.69) is 4.98 Å². The molecule has 1 fully saturated rings. The molecule has 0 bridgehead atoms. The highest BCUT2D eigenvalue weighted by molar-refractivity contribution is 7.99. The Morgan fingerprint density at radius 1 is 1.11 bits per heavy atom. The van der Waals surface area contributed by atoms with Crippen LogP contribution in [0.4, 0.5) is 0 Å². The fourth-order valence-corrected chi connectivity index (χ4v) is 4.20. The lowest BCUT2D eigenvalue weighted by atomic mass is 10.1. The third-order valence-electron chi connectivity index (χ3n) is 4.78. The fourth-order valence-electron chi connectivity index (χ4n) is 3.30. The quantitative estimate of drug-likeness (QED) is 0.654. The number of thioether (sulfide) groups is 1. The minimum absolute atomic E-state index is 0.0556. The molecule has 1 saturated heterocycles. The molecule has 146 valence electrons. The van der Waals surface area contributed by atoms with E-state index in [1.54, 1.807) is 20.3 Å². The predicted octanol–water partition coefficient (Wildman–Crippen LogP) is 3.62. The maximum absolute atomic E-state index is 12.7. The smallest absolute Gasteiger partial charge is 0.254 e. The van der Waals surface area contributed by atoms with Crippen LogP contribution < -0.4 is 9.47 Å². The van der Waals surface area contributed by atoms with Gasteiger partial charge in [-0.2, -0.15) is 11.8 Å². The second-order valence-electron chi connectivity index (χ2n) is 6.56. The molecule has 6 nitrogen and oxygen atoms in total. The summed E-state index contributed by atoms with van der Waals surface area (Å²) in [5, 5.41) is 0. The van der Waals surface area contributed by atoms with E-state index in [-0.39, 0.29) is 5.91 Å². The van der Waals surface area contributed by atoms with Crippen molar-refractivity contribution >= 4 is 28.8 Å². The zero-order valence-corrected chi connectivity index (χ0v) is 16.8. The van der Waals surface area contributed by atoms with Gasteiger partial charge >= 0.3 is 0 Å². The van der Waals surface area contributed by atoms with Gasteiger partial charge in [-0.3, -0.25) is 4.79 Å². The molecule has 1 aliphatic rings. The third kappa shape index (κ3) is 3.80. The molecule has 1 amide bonds. The first-order valence-electron chi connectivity index (χ1n) is 9.15. The van der Waals surface area contributed by atoms with Gasteiger partial charge in [-0.15, -0.1) is 0 Å². The monoisotopic (exact) mass is 398 g/mol. The summed E-state index contributed by atoms with van der Waals surface area (Å²) in [5.74, 6) is 3.99. The number of methoxy groups -OCH3 is 2. The molecule has 3 aromatic rings. The largest absolute Gasteiger partial charge is 0.493 e. The summed E-state index contributed by atoms with van der Waals surface area (Å²) in [7, 11) is 3.22. The summed E-state index contributed by atoms with van der Waals surface area (Å²) < 4.78 is 16.5. The SMILES string of the molecule is COc1ccc(Cc2nc3ccc(C(=O)N4CCSCC4)cc3o2)cc1OC. The Kier molecular flexibility index (Phi) is 5.43. The van der Waals surface area contributed by atoms with Crippen molar-refractivity contribution in [1.82, 2.24) is 9.88 Å². The Morgan fingerprint density at radius 2 is 1.89 bits per heavy atom. The Balaban J connectivity index is 1.55. The van der Waals surface area contributed by atoms with Crippen LogP contribution in [0.15, 0.2) is 40.8 Å². The average Bonchev–Trinajstić information content (AvgIpc) is 3.15. The number of rotatable bonds is 5. The van der Waals surface area contributed by atoms with Crippen molar-refractivity contribution in [3.05, 3.63) is 53.4 Å². The number of nitrogens with zero attached hydrogens (tertiary/aromatic N) is 2. The first-order chi connectivity index (χ1) is 13.7. The van der Waals surface area contributed by atoms with E-state index in [1.807, 2.05) is 47.0 Å². The molecule has 0 unspecified atom stereocenters. The molecule has 1 aliphatic heterocycles. The number of amides is 1. The Labute approximate surface area is 167 Å². The van der Waals surface area contributed by atoms with E-state index >= 15 is 0 Å². The molecule has 0 spiro atoms. The molecular weight excluding hydrogens is 376 g/mol. The highest BCUT2D eigenvalue weighted by Gasteiger charge is 2.19. The molecule has 0 saturated carbocycles. The molecule has 28 heavy (non-hydrogen) atoms. The van der Waals surface area contributed by atoms with Gasteiger partial charge < -0.3 is 18.8 Å². The van der Waals surface area contributed by atoms with Crippen LogP contribution in [-0.2, 0) is 6.42 Å². The highest BCUT2D eigenvalue weighted by Crippen LogP contribution is 2.29. The van der Waals surface area contributed by atoms with Gasteiger partial charge in [0, 0.05) is 36.6 Å². The first-order valence-corrected chi connectivity index (χ1v) is 10.3. The number of hydrogen-bond acceptors (Lipinski definition) is 6. The Hall–Kier alpha value is -2.67. The summed E-state index contributed by atoms with van der Waals surface area (Å²) >= 11 is 1.88. The summed E-state index contributed by atoms with van der Waals surface area (Å²) in [6.45, 7) is 1.59. The minimum atomic E-state index is 0.0556. The maximum Gasteiger partial charge on any atom is 0.254 e. The maximum atomic E-state index is 12.7. The van der Waals surface area contributed by atoms with Crippen LogP contribution in [-0.4, -0.2) is 54.6 Å². The zero-order valence-electron chi connectivity index (χ0n) is 15.9. The highest BCUT2D eigenvalue weighted by atomic mass is 32.2. The summed E-state index contributed by atoms with van der Waals surface area (Å²) in [6.07, 6.45) is 0.529. The lowest BCUT2D eigenvalue weighted by Gasteiger charge is -2.26. The minimum Gasteiger partial charge on any atom is -0.493 e. The van der Waals surface area contributed by atoms with Gasteiger partial charge in [0.05, 0.1) is 14.2 Å². The van der Waals surface area contributed by atoms with Crippen LogP contribution in [0, 0.1) is 0 Å². The van der Waals surface area contributed by atoms with Crippen LogP contribution in [0.2, 0.25) is 0 Å². The summed E-state index contributed by atoms with van der Waals surface area (Å²) in [6, 6.07) is 11.2. The number of fused-ring (bicyclic) bond motifs is 1. The van der Waals surface area contributed by atoms with Crippen LogP contribution in [0.25, 0.3) is 11.1 Å². The standard InChI is InChI=1S/C21H22N2O4S/c1-25-17-6-3-14(11-19(17)26-2)12-20-22-16-5-4-15(13-18(16)27-20)21(24)23-7-9-28-10-8-23/h3-6,11,13H,7-10,12H2,1-2H3. The fraction of sp³-hybridized carbons (Fsp3) is 0.333. The second kappa shape index (κ2) is 8.14. The van der Waals surface area contributed by atoms with Gasteiger partial charge in [-0.1, -0.05) is 6.07 Å². The van der Waals surface area contributed by atoms with Crippen LogP contribution in [0.5, 0.6) is 11.5 Å². The number of ether oxygens (including phenoxy) is 2. The number of hydrogen-bond donors (Lipinski definition) is 0. The van der Waals surface area contributed by atoms with E-state index in [9.17, 15) is 4.79 Å². The van der Waals surface area contributed by atoms with Crippen molar-refractivity contribution in [2.24, 2.45) is 0 Å². The van der Waals surface area contributed by atoms with Gasteiger partial charge in [-0.05, 0) is 35.9 Å². The number of aromatic nitrogens is 1. The van der Waals surface area contributed by atoms with Crippen molar-refractivity contribution in [3.8, 4) is 11.5 Å². The van der Waals surface area contributed by atoms with E-state index in [4.69, 9.17) is 13.9 Å². The molecule has 0 N–H and O–H groups in total. The van der Waals surface area contributed by atoms with Crippen LogP contribution >= 0.6 is 11.8 Å². The molecule has 0 radical (unpaired) electrons. The molecule has 1 aromatic heterocycles. The number of carbonyl (C=O) groups is 1. The van der Waals surface area contributed by atoms with E-state index in [1.165, 1.54) is 0 Å². The van der Waals surface area contributed by atoms with Crippen molar-refractivity contribution in [2.75, 3.05) is 38.8 Å². The molecule has 2 heterocycles. The van der Waals surface area contributed by atoms with E-state index in [0.717, 1.165) is 35.7 Å². The van der Waals surface area contributed by atoms with Gasteiger partial charge in [0.25, 0.3) is 5.91 Å². The second-order valence-corrected chi connectivity index (χ2v) is 7.79. The van der Waals surface area contributed by atoms with Crippen molar-refractivity contribution in [1.29, 1.82) is 0 Å². The Bertz CT molecular complexity index is 995. The van der Waals surface area contributed by atoms with Crippen LogP contribution in [0.3, 0.4) is 0 Å². The zero-order chi connectivity index (χ0) is 19.5. The van der Waals surface area contributed by atoms with Crippen LogP contribution in [0.1, 0.15) is 21.8 Å².